The number of aromatic amines is 1. The smallest absolute Gasteiger partial charge is 0.0710 e. The van der Waals surface area contributed by atoms with Crippen molar-refractivity contribution in [3.63, 3.8) is 0 Å². The number of rotatable bonds is 7. The van der Waals surface area contributed by atoms with Crippen LogP contribution in [0.1, 0.15) is 32.3 Å². The Kier molecular flexibility index (Phi) is 6.09. The van der Waals surface area contributed by atoms with Gasteiger partial charge in [-0.3, -0.25) is 10.00 Å². The van der Waals surface area contributed by atoms with Gasteiger partial charge in [-0.25, -0.2) is 0 Å². The summed E-state index contributed by atoms with van der Waals surface area (Å²) in [6.07, 6.45) is 4.30. The van der Waals surface area contributed by atoms with Gasteiger partial charge in [-0.1, -0.05) is 43.5 Å². The van der Waals surface area contributed by atoms with Gasteiger partial charge in [0.05, 0.1) is 16.9 Å². The van der Waals surface area contributed by atoms with E-state index in [1.165, 1.54) is 12.8 Å². The lowest BCUT2D eigenvalue weighted by molar-refractivity contribution is 0.276. The van der Waals surface area contributed by atoms with Crippen LogP contribution in [0.3, 0.4) is 0 Å². The Morgan fingerprint density at radius 1 is 1.24 bits per heavy atom. The summed E-state index contributed by atoms with van der Waals surface area (Å²) in [4.78, 5) is 2.42. The quantitative estimate of drug-likeness (QED) is 0.776. The summed E-state index contributed by atoms with van der Waals surface area (Å²) >= 11 is 12.3. The first-order valence-corrected chi connectivity index (χ1v) is 8.11. The lowest BCUT2D eigenvalue weighted by atomic mass is 10.1. The van der Waals surface area contributed by atoms with Crippen LogP contribution in [0.25, 0.3) is 11.3 Å². The number of nitrogens with one attached hydrogen (secondary N) is 1. The summed E-state index contributed by atoms with van der Waals surface area (Å²) in [6.45, 7) is 7.40. The molecule has 3 nitrogen and oxygen atoms in total. The standard InChI is InChI=1S/C16H21Cl2N3/c1-3-5-8-21(4-2)11-12-10-19-20-16(12)14-7-6-13(17)9-15(14)18/h6-7,9-10H,3-5,8,11H2,1-2H3,(H,19,20). The first-order valence-electron chi connectivity index (χ1n) is 7.35. The summed E-state index contributed by atoms with van der Waals surface area (Å²) in [7, 11) is 0. The molecular formula is C16H21Cl2N3. The van der Waals surface area contributed by atoms with Gasteiger partial charge in [0.2, 0.25) is 0 Å². The monoisotopic (exact) mass is 325 g/mol. The summed E-state index contributed by atoms with van der Waals surface area (Å²) in [5.74, 6) is 0. The van der Waals surface area contributed by atoms with Crippen molar-refractivity contribution < 1.29 is 0 Å². The highest BCUT2D eigenvalue weighted by Gasteiger charge is 2.13. The lowest BCUT2D eigenvalue weighted by Gasteiger charge is -2.20. The number of H-pyrrole nitrogens is 1. The molecule has 0 unspecified atom stereocenters. The molecule has 0 fully saturated rings. The highest BCUT2D eigenvalue weighted by atomic mass is 35.5. The summed E-state index contributed by atoms with van der Waals surface area (Å²) in [5, 5.41) is 8.53. The average molecular weight is 326 g/mol. The Morgan fingerprint density at radius 3 is 2.71 bits per heavy atom. The zero-order valence-electron chi connectivity index (χ0n) is 12.5. The van der Waals surface area contributed by atoms with E-state index >= 15 is 0 Å². The fourth-order valence-corrected chi connectivity index (χ4v) is 2.83. The summed E-state index contributed by atoms with van der Waals surface area (Å²) in [6, 6.07) is 5.55. The maximum Gasteiger partial charge on any atom is 0.0710 e. The zero-order valence-corrected chi connectivity index (χ0v) is 14.0. The van der Waals surface area contributed by atoms with Crippen LogP contribution in [0.15, 0.2) is 24.4 Å². The maximum atomic E-state index is 6.30. The number of hydrogen-bond donors (Lipinski definition) is 1. The zero-order chi connectivity index (χ0) is 15.2. The molecule has 0 saturated carbocycles. The molecule has 0 aliphatic rings. The molecule has 0 amide bonds. The van der Waals surface area contributed by atoms with Gasteiger partial charge in [0.15, 0.2) is 0 Å². The van der Waals surface area contributed by atoms with Crippen LogP contribution in [0.4, 0.5) is 0 Å². The molecule has 1 N–H and O–H groups in total. The van der Waals surface area contributed by atoms with Crippen LogP contribution in [0.5, 0.6) is 0 Å². The van der Waals surface area contributed by atoms with Gasteiger partial charge in [-0.05, 0) is 37.7 Å². The molecule has 1 heterocycles. The molecule has 0 aliphatic carbocycles. The van der Waals surface area contributed by atoms with Crippen LogP contribution in [-0.4, -0.2) is 28.2 Å². The molecule has 5 heteroatoms. The first-order chi connectivity index (χ1) is 10.2. The van der Waals surface area contributed by atoms with Gasteiger partial charge in [-0.2, -0.15) is 5.10 Å². The molecule has 2 rings (SSSR count). The summed E-state index contributed by atoms with van der Waals surface area (Å²) in [5.41, 5.74) is 3.09. The second kappa shape index (κ2) is 7.83. The van der Waals surface area contributed by atoms with E-state index < -0.39 is 0 Å². The number of unbranched alkanes of at least 4 members (excludes halogenated alkanes) is 1. The fraction of sp³-hybridized carbons (Fsp3) is 0.438. The Morgan fingerprint density at radius 2 is 2.05 bits per heavy atom. The first kappa shape index (κ1) is 16.3. The van der Waals surface area contributed by atoms with Crippen molar-refractivity contribution in [2.24, 2.45) is 0 Å². The van der Waals surface area contributed by atoms with E-state index in [1.54, 1.807) is 6.07 Å². The third-order valence-electron chi connectivity index (χ3n) is 3.59. The van der Waals surface area contributed by atoms with E-state index in [2.05, 4.69) is 28.9 Å². The molecule has 0 spiro atoms. The molecule has 2 aromatic rings. The highest BCUT2D eigenvalue weighted by Crippen LogP contribution is 2.31. The molecule has 1 aromatic carbocycles. The van der Waals surface area contributed by atoms with Crippen molar-refractivity contribution >= 4 is 23.2 Å². The fourth-order valence-electron chi connectivity index (χ4n) is 2.33. The molecule has 1 aromatic heterocycles. The second-order valence-corrected chi connectivity index (χ2v) is 5.96. The van der Waals surface area contributed by atoms with Crippen LogP contribution >= 0.6 is 23.2 Å². The SMILES string of the molecule is CCCCN(CC)Cc1cn[nH]c1-c1ccc(Cl)cc1Cl. The number of hydrogen-bond acceptors (Lipinski definition) is 2. The van der Waals surface area contributed by atoms with Gasteiger partial charge in [0.25, 0.3) is 0 Å². The third kappa shape index (κ3) is 4.22. The Hall–Kier alpha value is -1.03. The Bertz CT molecular complexity index is 581. The molecule has 0 atom stereocenters. The Labute approximate surface area is 136 Å². The maximum absolute atomic E-state index is 6.30. The normalized spacial score (nSPS) is 11.3. The number of nitrogens with zero attached hydrogens (tertiary/aromatic N) is 2. The predicted molar refractivity (Wildman–Crippen MR) is 89.9 cm³/mol. The van der Waals surface area contributed by atoms with E-state index in [4.69, 9.17) is 23.2 Å². The van der Waals surface area contributed by atoms with E-state index in [9.17, 15) is 0 Å². The van der Waals surface area contributed by atoms with Gasteiger partial charge < -0.3 is 0 Å². The van der Waals surface area contributed by atoms with Gasteiger partial charge >= 0.3 is 0 Å². The lowest BCUT2D eigenvalue weighted by Crippen LogP contribution is -2.24. The molecule has 114 valence electrons. The van der Waals surface area contributed by atoms with Crippen molar-refractivity contribution in [1.29, 1.82) is 0 Å². The predicted octanol–water partition coefficient (Wildman–Crippen LogP) is 5.01. The molecule has 0 radical (unpaired) electrons. The van der Waals surface area contributed by atoms with Crippen molar-refractivity contribution in [2.75, 3.05) is 13.1 Å². The number of aromatic nitrogens is 2. The van der Waals surface area contributed by atoms with E-state index in [0.717, 1.165) is 36.5 Å². The van der Waals surface area contributed by atoms with E-state index in [-0.39, 0.29) is 0 Å². The average Bonchev–Trinajstić information content (AvgIpc) is 2.91. The van der Waals surface area contributed by atoms with E-state index in [0.29, 0.717) is 10.0 Å². The largest absolute Gasteiger partial charge is 0.299 e. The van der Waals surface area contributed by atoms with Crippen molar-refractivity contribution in [3.05, 3.63) is 40.0 Å². The minimum atomic E-state index is 0.642. The van der Waals surface area contributed by atoms with Crippen LogP contribution in [0, 0.1) is 0 Å². The third-order valence-corrected chi connectivity index (χ3v) is 4.14. The number of halogens is 2. The van der Waals surface area contributed by atoms with Crippen molar-refractivity contribution in [3.8, 4) is 11.3 Å². The molecule has 0 bridgehead atoms. The van der Waals surface area contributed by atoms with Gasteiger partial charge in [0, 0.05) is 22.7 Å². The number of benzene rings is 1. The van der Waals surface area contributed by atoms with E-state index in [1.807, 2.05) is 18.3 Å². The molecule has 0 aliphatic heterocycles. The van der Waals surface area contributed by atoms with Gasteiger partial charge in [-0.15, -0.1) is 0 Å². The van der Waals surface area contributed by atoms with Gasteiger partial charge in [0.1, 0.15) is 0 Å². The van der Waals surface area contributed by atoms with Crippen molar-refractivity contribution in [1.82, 2.24) is 15.1 Å². The molecule has 21 heavy (non-hydrogen) atoms. The second-order valence-electron chi connectivity index (χ2n) is 5.12. The minimum Gasteiger partial charge on any atom is -0.299 e. The molecule has 0 saturated heterocycles. The minimum absolute atomic E-state index is 0.642. The summed E-state index contributed by atoms with van der Waals surface area (Å²) < 4.78 is 0. The Balaban J connectivity index is 2.21. The van der Waals surface area contributed by atoms with Crippen LogP contribution in [-0.2, 0) is 6.54 Å². The topological polar surface area (TPSA) is 31.9 Å². The highest BCUT2D eigenvalue weighted by molar-refractivity contribution is 6.36. The molecular weight excluding hydrogens is 305 g/mol. The van der Waals surface area contributed by atoms with Crippen LogP contribution < -0.4 is 0 Å². The van der Waals surface area contributed by atoms with Crippen molar-refractivity contribution in [2.45, 2.75) is 33.2 Å². The van der Waals surface area contributed by atoms with Crippen LogP contribution in [0.2, 0.25) is 10.0 Å².